The Morgan fingerprint density at radius 1 is 1.33 bits per heavy atom. The van der Waals surface area contributed by atoms with E-state index in [2.05, 4.69) is 23.6 Å². The summed E-state index contributed by atoms with van der Waals surface area (Å²) >= 11 is 4.97. The summed E-state index contributed by atoms with van der Waals surface area (Å²) in [5, 5.41) is 6.29. The maximum absolute atomic E-state index is 11.8. The van der Waals surface area contributed by atoms with Gasteiger partial charge in [0.05, 0.1) is 0 Å². The van der Waals surface area contributed by atoms with Gasteiger partial charge in [-0.15, -0.1) is 0 Å². The lowest BCUT2D eigenvalue weighted by Gasteiger charge is -2.10. The van der Waals surface area contributed by atoms with Crippen LogP contribution in [0.3, 0.4) is 0 Å². The number of alkyl halides is 1. The molecule has 1 aromatic rings. The number of aryl methyl sites for hydroxylation is 1. The number of hydrogen-bond acceptors (Lipinski definition) is 1. The van der Waals surface area contributed by atoms with Crippen molar-refractivity contribution in [3.05, 3.63) is 35.4 Å². The maximum Gasteiger partial charge on any atom is 0.166 e. The monoisotopic (exact) mass is 226 g/mol. The SMILES string of the molecule is Cc1ccccc1CNC(=S)NCCF. The van der Waals surface area contributed by atoms with Crippen molar-refractivity contribution in [3.63, 3.8) is 0 Å². The first-order chi connectivity index (χ1) is 7.24. The van der Waals surface area contributed by atoms with Gasteiger partial charge in [-0.1, -0.05) is 24.3 Å². The fourth-order valence-electron chi connectivity index (χ4n) is 1.21. The van der Waals surface area contributed by atoms with Crippen LogP contribution >= 0.6 is 12.2 Å². The third-order valence-electron chi connectivity index (χ3n) is 2.08. The third-order valence-corrected chi connectivity index (χ3v) is 2.37. The van der Waals surface area contributed by atoms with E-state index in [4.69, 9.17) is 12.2 Å². The molecule has 0 spiro atoms. The quantitative estimate of drug-likeness (QED) is 0.767. The van der Waals surface area contributed by atoms with Crippen LogP contribution in [0.15, 0.2) is 24.3 Å². The molecule has 1 aromatic carbocycles. The van der Waals surface area contributed by atoms with Crippen molar-refractivity contribution >= 4 is 17.3 Å². The third kappa shape index (κ3) is 4.25. The van der Waals surface area contributed by atoms with Crippen molar-refractivity contribution in [2.45, 2.75) is 13.5 Å². The largest absolute Gasteiger partial charge is 0.360 e. The molecule has 0 radical (unpaired) electrons. The molecule has 2 N–H and O–H groups in total. The minimum atomic E-state index is -0.411. The highest BCUT2D eigenvalue weighted by Crippen LogP contribution is 2.05. The van der Waals surface area contributed by atoms with Crippen LogP contribution in [0.4, 0.5) is 4.39 Å². The molecule has 0 aliphatic carbocycles. The Kier molecular flexibility index (Phi) is 5.04. The van der Waals surface area contributed by atoms with Crippen molar-refractivity contribution in [3.8, 4) is 0 Å². The predicted octanol–water partition coefficient (Wildman–Crippen LogP) is 1.93. The van der Waals surface area contributed by atoms with E-state index in [-0.39, 0.29) is 6.54 Å². The van der Waals surface area contributed by atoms with Crippen molar-refractivity contribution in [1.29, 1.82) is 0 Å². The molecule has 2 nitrogen and oxygen atoms in total. The molecule has 4 heteroatoms. The average Bonchev–Trinajstić information content (AvgIpc) is 2.25. The van der Waals surface area contributed by atoms with Gasteiger partial charge in [0, 0.05) is 13.1 Å². The van der Waals surface area contributed by atoms with E-state index in [0.29, 0.717) is 11.7 Å². The van der Waals surface area contributed by atoms with E-state index >= 15 is 0 Å². The van der Waals surface area contributed by atoms with Gasteiger partial charge >= 0.3 is 0 Å². The van der Waals surface area contributed by atoms with Gasteiger partial charge in [-0.25, -0.2) is 4.39 Å². The summed E-state index contributed by atoms with van der Waals surface area (Å²) < 4.78 is 11.8. The van der Waals surface area contributed by atoms with E-state index in [1.807, 2.05) is 18.2 Å². The minimum absolute atomic E-state index is 0.263. The Labute approximate surface area is 94.9 Å². The highest BCUT2D eigenvalue weighted by atomic mass is 32.1. The fraction of sp³-hybridized carbons (Fsp3) is 0.364. The van der Waals surface area contributed by atoms with Crippen molar-refractivity contribution in [2.75, 3.05) is 13.2 Å². The van der Waals surface area contributed by atoms with E-state index in [1.54, 1.807) is 0 Å². The maximum atomic E-state index is 11.8. The lowest BCUT2D eigenvalue weighted by Crippen LogP contribution is -2.35. The number of halogens is 1. The number of rotatable bonds is 4. The Bertz CT molecular complexity index is 328. The second-order valence-corrected chi connectivity index (χ2v) is 3.63. The van der Waals surface area contributed by atoms with Crippen LogP contribution in [-0.4, -0.2) is 18.3 Å². The zero-order chi connectivity index (χ0) is 11.1. The molecule has 0 aliphatic heterocycles. The summed E-state index contributed by atoms with van der Waals surface area (Å²) in [6.45, 7) is 2.58. The molecule has 0 atom stereocenters. The van der Waals surface area contributed by atoms with Gasteiger partial charge in [0.2, 0.25) is 0 Å². The van der Waals surface area contributed by atoms with Crippen LogP contribution in [0.1, 0.15) is 11.1 Å². The van der Waals surface area contributed by atoms with Gasteiger partial charge in [-0.2, -0.15) is 0 Å². The zero-order valence-corrected chi connectivity index (χ0v) is 9.53. The number of hydrogen-bond donors (Lipinski definition) is 2. The lowest BCUT2D eigenvalue weighted by molar-refractivity contribution is 0.490. The topological polar surface area (TPSA) is 24.1 Å². The first kappa shape index (κ1) is 11.9. The molecular weight excluding hydrogens is 211 g/mol. The van der Waals surface area contributed by atoms with Crippen molar-refractivity contribution in [1.82, 2.24) is 10.6 Å². The highest BCUT2D eigenvalue weighted by Gasteiger charge is 1.98. The Morgan fingerprint density at radius 2 is 2.07 bits per heavy atom. The normalized spacial score (nSPS) is 9.73. The van der Waals surface area contributed by atoms with Gasteiger partial charge < -0.3 is 10.6 Å². The van der Waals surface area contributed by atoms with Crippen molar-refractivity contribution < 1.29 is 4.39 Å². The summed E-state index contributed by atoms with van der Waals surface area (Å²) in [6.07, 6.45) is 0. The fourth-order valence-corrected chi connectivity index (χ4v) is 1.38. The second kappa shape index (κ2) is 6.35. The predicted molar refractivity (Wildman–Crippen MR) is 64.6 cm³/mol. The molecule has 0 saturated heterocycles. The van der Waals surface area contributed by atoms with E-state index in [0.717, 1.165) is 0 Å². The Morgan fingerprint density at radius 3 is 2.73 bits per heavy atom. The molecule has 15 heavy (non-hydrogen) atoms. The molecule has 0 aliphatic rings. The highest BCUT2D eigenvalue weighted by molar-refractivity contribution is 7.80. The minimum Gasteiger partial charge on any atom is -0.360 e. The number of thiocarbonyl (C=S) groups is 1. The van der Waals surface area contributed by atoms with Crippen LogP contribution < -0.4 is 10.6 Å². The molecule has 0 amide bonds. The van der Waals surface area contributed by atoms with Gasteiger partial charge in [0.1, 0.15) is 6.67 Å². The van der Waals surface area contributed by atoms with Crippen LogP contribution in [0.2, 0.25) is 0 Å². The van der Waals surface area contributed by atoms with Crippen LogP contribution in [-0.2, 0) is 6.54 Å². The Balaban J connectivity index is 2.37. The summed E-state index contributed by atoms with van der Waals surface area (Å²) in [6, 6.07) is 8.08. The van der Waals surface area contributed by atoms with Gasteiger partial charge in [-0.3, -0.25) is 0 Å². The number of benzene rings is 1. The molecule has 0 bridgehead atoms. The summed E-state index contributed by atoms with van der Waals surface area (Å²) in [5.74, 6) is 0. The van der Waals surface area contributed by atoms with E-state index < -0.39 is 6.67 Å². The molecule has 82 valence electrons. The molecule has 0 heterocycles. The number of nitrogens with one attached hydrogen (secondary N) is 2. The first-order valence-corrected chi connectivity index (χ1v) is 5.27. The zero-order valence-electron chi connectivity index (χ0n) is 8.72. The average molecular weight is 226 g/mol. The van der Waals surface area contributed by atoms with Crippen molar-refractivity contribution in [2.24, 2.45) is 0 Å². The molecule has 0 saturated carbocycles. The standard InChI is InChI=1S/C11H15FN2S/c1-9-4-2-3-5-10(9)8-14-11(15)13-7-6-12/h2-5H,6-8H2,1H3,(H2,13,14,15). The van der Waals surface area contributed by atoms with Gasteiger partial charge in [0.15, 0.2) is 5.11 Å². The van der Waals surface area contributed by atoms with Crippen LogP contribution in [0.5, 0.6) is 0 Å². The van der Waals surface area contributed by atoms with Crippen LogP contribution in [0, 0.1) is 6.92 Å². The summed E-state index contributed by atoms with van der Waals surface area (Å²) in [4.78, 5) is 0. The first-order valence-electron chi connectivity index (χ1n) is 4.86. The van der Waals surface area contributed by atoms with Gasteiger partial charge in [-0.05, 0) is 30.3 Å². The van der Waals surface area contributed by atoms with E-state index in [9.17, 15) is 4.39 Å². The molecule has 0 aromatic heterocycles. The van der Waals surface area contributed by atoms with E-state index in [1.165, 1.54) is 11.1 Å². The molecule has 0 fully saturated rings. The lowest BCUT2D eigenvalue weighted by atomic mass is 10.1. The smallest absolute Gasteiger partial charge is 0.166 e. The Hall–Kier alpha value is -1.16. The van der Waals surface area contributed by atoms with Crippen LogP contribution in [0.25, 0.3) is 0 Å². The second-order valence-electron chi connectivity index (χ2n) is 3.22. The summed E-state index contributed by atoms with van der Waals surface area (Å²) in [7, 11) is 0. The summed E-state index contributed by atoms with van der Waals surface area (Å²) in [5.41, 5.74) is 2.42. The molecular formula is C11H15FN2S. The molecule has 0 unspecified atom stereocenters. The molecule has 1 rings (SSSR count). The van der Waals surface area contributed by atoms with Gasteiger partial charge in [0.25, 0.3) is 0 Å².